The summed E-state index contributed by atoms with van der Waals surface area (Å²) in [4.78, 5) is 11.2. The number of furan rings is 1. The van der Waals surface area contributed by atoms with Crippen molar-refractivity contribution in [1.82, 2.24) is 14.5 Å². The fourth-order valence-electron chi connectivity index (χ4n) is 1.89. The first-order chi connectivity index (χ1) is 9.75. The zero-order valence-electron chi connectivity index (χ0n) is 11.7. The third-order valence-electron chi connectivity index (χ3n) is 3.14. The molecular formula is C12H15N3O5S. The van der Waals surface area contributed by atoms with Gasteiger partial charge in [0.2, 0.25) is 5.03 Å². The van der Waals surface area contributed by atoms with Gasteiger partial charge in [-0.15, -0.1) is 0 Å². The molecule has 0 saturated carbocycles. The van der Waals surface area contributed by atoms with E-state index < -0.39 is 21.0 Å². The van der Waals surface area contributed by atoms with Crippen LogP contribution in [-0.4, -0.2) is 41.0 Å². The molecule has 2 rings (SSSR count). The summed E-state index contributed by atoms with van der Waals surface area (Å²) in [5.74, 6) is -0.735. The summed E-state index contributed by atoms with van der Waals surface area (Å²) in [6.45, 7) is 3.24. The minimum Gasteiger partial charge on any atom is -0.478 e. The van der Waals surface area contributed by atoms with Gasteiger partial charge in [-0.2, -0.15) is 9.40 Å². The molecule has 8 nitrogen and oxygen atoms in total. The van der Waals surface area contributed by atoms with Crippen molar-refractivity contribution in [3.63, 3.8) is 0 Å². The largest absolute Gasteiger partial charge is 0.478 e. The van der Waals surface area contributed by atoms with Crippen LogP contribution in [0.2, 0.25) is 0 Å². The molecule has 0 aliphatic heterocycles. The monoisotopic (exact) mass is 313 g/mol. The second-order valence-electron chi connectivity index (χ2n) is 4.60. The Hall–Kier alpha value is -2.13. The van der Waals surface area contributed by atoms with E-state index in [0.29, 0.717) is 11.3 Å². The number of aromatic carboxylic acids is 1. The van der Waals surface area contributed by atoms with Gasteiger partial charge < -0.3 is 9.52 Å². The summed E-state index contributed by atoms with van der Waals surface area (Å²) >= 11 is 0. The van der Waals surface area contributed by atoms with Crippen molar-refractivity contribution < 1.29 is 22.7 Å². The first kappa shape index (κ1) is 15.3. The van der Waals surface area contributed by atoms with Crippen LogP contribution in [-0.2, 0) is 16.6 Å². The highest BCUT2D eigenvalue weighted by molar-refractivity contribution is 7.89. The standard InChI is InChI=1S/C12H15N3O5S/c1-7-10(12(16)17)11(14-13-7)21(18,19)15(3)6-9-4-5-20-8(9)2/h4-5H,6H2,1-3H3,(H,13,14)(H,16,17). The lowest BCUT2D eigenvalue weighted by Gasteiger charge is -2.15. The molecule has 0 fully saturated rings. The van der Waals surface area contributed by atoms with E-state index in [1.54, 1.807) is 13.0 Å². The number of hydrogen-bond donors (Lipinski definition) is 2. The number of rotatable bonds is 5. The van der Waals surface area contributed by atoms with Crippen molar-refractivity contribution in [2.45, 2.75) is 25.4 Å². The van der Waals surface area contributed by atoms with E-state index in [1.165, 1.54) is 20.2 Å². The zero-order chi connectivity index (χ0) is 15.8. The molecule has 114 valence electrons. The SMILES string of the molecule is Cc1[nH]nc(S(=O)(=O)N(C)Cc2ccoc2C)c1C(=O)O. The van der Waals surface area contributed by atoms with E-state index in [0.717, 1.165) is 4.31 Å². The van der Waals surface area contributed by atoms with Crippen LogP contribution < -0.4 is 0 Å². The topological polar surface area (TPSA) is 117 Å². The fraction of sp³-hybridized carbons (Fsp3) is 0.333. The van der Waals surface area contributed by atoms with Gasteiger partial charge in [-0.05, 0) is 19.9 Å². The Morgan fingerprint density at radius 2 is 2.14 bits per heavy atom. The van der Waals surface area contributed by atoms with Crippen LogP contribution in [0.5, 0.6) is 0 Å². The molecule has 2 heterocycles. The van der Waals surface area contributed by atoms with Crippen LogP contribution in [0.3, 0.4) is 0 Å². The Morgan fingerprint density at radius 3 is 2.67 bits per heavy atom. The Balaban J connectivity index is 2.38. The van der Waals surface area contributed by atoms with E-state index in [4.69, 9.17) is 9.52 Å². The maximum absolute atomic E-state index is 12.5. The highest BCUT2D eigenvalue weighted by atomic mass is 32.2. The molecule has 0 saturated heterocycles. The lowest BCUT2D eigenvalue weighted by atomic mass is 10.3. The molecule has 21 heavy (non-hydrogen) atoms. The number of sulfonamides is 1. The summed E-state index contributed by atoms with van der Waals surface area (Å²) in [5.41, 5.74) is 0.546. The number of carboxylic acids is 1. The van der Waals surface area contributed by atoms with Gasteiger partial charge in [-0.25, -0.2) is 13.2 Å². The summed E-state index contributed by atoms with van der Waals surface area (Å²) in [6, 6.07) is 1.66. The maximum Gasteiger partial charge on any atom is 0.340 e. The number of nitrogens with zero attached hydrogens (tertiary/aromatic N) is 2. The Labute approximate surface area is 121 Å². The molecule has 9 heteroatoms. The van der Waals surface area contributed by atoms with Crippen molar-refractivity contribution in [3.05, 3.63) is 34.9 Å². The van der Waals surface area contributed by atoms with Crippen LogP contribution in [0.25, 0.3) is 0 Å². The van der Waals surface area contributed by atoms with Crippen LogP contribution in [0.15, 0.2) is 21.8 Å². The second-order valence-corrected chi connectivity index (χ2v) is 6.56. The van der Waals surface area contributed by atoms with E-state index in [2.05, 4.69) is 10.2 Å². The molecule has 2 aromatic rings. The molecule has 0 spiro atoms. The third kappa shape index (κ3) is 2.69. The van der Waals surface area contributed by atoms with E-state index in [1.807, 2.05) is 0 Å². The second kappa shape index (κ2) is 5.34. The number of aromatic nitrogens is 2. The summed E-state index contributed by atoms with van der Waals surface area (Å²) in [6.07, 6.45) is 1.46. The highest BCUT2D eigenvalue weighted by Crippen LogP contribution is 2.22. The Bertz CT molecular complexity index is 775. The van der Waals surface area contributed by atoms with Crippen molar-refractivity contribution in [2.24, 2.45) is 0 Å². The number of H-pyrrole nitrogens is 1. The van der Waals surface area contributed by atoms with E-state index in [-0.39, 0.29) is 17.8 Å². The van der Waals surface area contributed by atoms with E-state index in [9.17, 15) is 13.2 Å². The summed E-state index contributed by atoms with van der Waals surface area (Å²) < 4.78 is 31.1. The van der Waals surface area contributed by atoms with Crippen molar-refractivity contribution in [1.29, 1.82) is 0 Å². The fourth-order valence-corrected chi connectivity index (χ4v) is 3.16. The molecular weight excluding hydrogens is 298 g/mol. The molecule has 2 aromatic heterocycles. The average molecular weight is 313 g/mol. The number of hydrogen-bond acceptors (Lipinski definition) is 5. The van der Waals surface area contributed by atoms with Gasteiger partial charge in [0, 0.05) is 24.8 Å². The number of aryl methyl sites for hydroxylation is 2. The molecule has 0 amide bonds. The lowest BCUT2D eigenvalue weighted by molar-refractivity contribution is 0.0691. The van der Waals surface area contributed by atoms with Crippen molar-refractivity contribution >= 4 is 16.0 Å². The quantitative estimate of drug-likeness (QED) is 0.855. The summed E-state index contributed by atoms with van der Waals surface area (Å²) in [5, 5.41) is 14.7. The molecule has 0 unspecified atom stereocenters. The molecule has 0 bridgehead atoms. The van der Waals surface area contributed by atoms with Crippen LogP contribution in [0.1, 0.15) is 27.4 Å². The maximum atomic E-state index is 12.5. The zero-order valence-corrected chi connectivity index (χ0v) is 12.6. The van der Waals surface area contributed by atoms with Crippen LogP contribution in [0.4, 0.5) is 0 Å². The van der Waals surface area contributed by atoms with E-state index >= 15 is 0 Å². The molecule has 0 aliphatic rings. The number of aromatic amines is 1. The Kier molecular flexibility index (Phi) is 3.88. The summed E-state index contributed by atoms with van der Waals surface area (Å²) in [7, 11) is -2.66. The number of carboxylic acid groups (broad SMARTS) is 1. The van der Waals surface area contributed by atoms with Gasteiger partial charge in [0.25, 0.3) is 10.0 Å². The van der Waals surface area contributed by atoms with Gasteiger partial charge >= 0.3 is 5.97 Å². The number of carbonyl (C=O) groups is 1. The Morgan fingerprint density at radius 1 is 1.48 bits per heavy atom. The van der Waals surface area contributed by atoms with Crippen LogP contribution in [0, 0.1) is 13.8 Å². The molecule has 0 atom stereocenters. The van der Waals surface area contributed by atoms with Crippen molar-refractivity contribution in [2.75, 3.05) is 7.05 Å². The minimum atomic E-state index is -4.02. The predicted octanol–water partition coefficient (Wildman–Crippen LogP) is 1.14. The normalized spacial score (nSPS) is 12.0. The first-order valence-electron chi connectivity index (χ1n) is 6.02. The van der Waals surface area contributed by atoms with Gasteiger partial charge in [0.1, 0.15) is 11.3 Å². The molecule has 0 aromatic carbocycles. The smallest absolute Gasteiger partial charge is 0.340 e. The van der Waals surface area contributed by atoms with Gasteiger partial charge in [-0.1, -0.05) is 0 Å². The number of nitrogens with one attached hydrogen (secondary N) is 1. The third-order valence-corrected chi connectivity index (χ3v) is 4.88. The van der Waals surface area contributed by atoms with Gasteiger partial charge in [0.05, 0.1) is 6.26 Å². The van der Waals surface area contributed by atoms with Crippen molar-refractivity contribution in [3.8, 4) is 0 Å². The predicted molar refractivity (Wildman–Crippen MR) is 72.4 cm³/mol. The van der Waals surface area contributed by atoms with Gasteiger partial charge in [-0.3, -0.25) is 5.10 Å². The molecule has 0 aliphatic carbocycles. The molecule has 0 radical (unpaired) electrons. The first-order valence-corrected chi connectivity index (χ1v) is 7.46. The average Bonchev–Trinajstić information content (AvgIpc) is 2.96. The van der Waals surface area contributed by atoms with Crippen LogP contribution >= 0.6 is 0 Å². The lowest BCUT2D eigenvalue weighted by Crippen LogP contribution is -2.28. The molecule has 2 N–H and O–H groups in total. The highest BCUT2D eigenvalue weighted by Gasteiger charge is 2.31. The van der Waals surface area contributed by atoms with Gasteiger partial charge in [0.15, 0.2) is 0 Å². The minimum absolute atomic E-state index is 0.0651.